The maximum atomic E-state index is 12.8. The van der Waals surface area contributed by atoms with Crippen LogP contribution in [0.1, 0.15) is 17.0 Å². The second kappa shape index (κ2) is 5.17. The van der Waals surface area contributed by atoms with E-state index in [0.717, 1.165) is 6.07 Å². The maximum absolute atomic E-state index is 12.8. The number of nitriles is 1. The molecule has 0 aliphatic heterocycles. The highest BCUT2D eigenvalue weighted by Gasteiger charge is 2.34. The molecule has 1 aromatic carbocycles. The van der Waals surface area contributed by atoms with Crippen LogP contribution in [-0.4, -0.2) is 9.97 Å². The van der Waals surface area contributed by atoms with Crippen molar-refractivity contribution < 1.29 is 17.9 Å². The zero-order valence-electron chi connectivity index (χ0n) is 10.3. The van der Waals surface area contributed by atoms with Gasteiger partial charge in [0.2, 0.25) is 0 Å². The molecule has 0 spiro atoms. The Bertz CT molecular complexity index is 677. The molecule has 2 rings (SSSR count). The van der Waals surface area contributed by atoms with Crippen LogP contribution >= 0.6 is 0 Å². The summed E-state index contributed by atoms with van der Waals surface area (Å²) in [6, 6.07) is 7.63. The summed E-state index contributed by atoms with van der Waals surface area (Å²) < 4.78 is 43.5. The lowest BCUT2D eigenvalue weighted by Gasteiger charge is -2.12. The van der Waals surface area contributed by atoms with Crippen molar-refractivity contribution in [3.8, 4) is 17.8 Å². The average Bonchev–Trinajstić information content (AvgIpc) is 2.37. The molecule has 0 fully saturated rings. The summed E-state index contributed by atoms with van der Waals surface area (Å²) in [6.07, 6.45) is -4.54. The van der Waals surface area contributed by atoms with Crippen LogP contribution in [0.3, 0.4) is 0 Å². The Kier molecular flexibility index (Phi) is 3.57. The van der Waals surface area contributed by atoms with E-state index in [1.807, 2.05) is 0 Å². The molecule has 0 aliphatic carbocycles. The zero-order chi connectivity index (χ0) is 14.8. The van der Waals surface area contributed by atoms with Crippen LogP contribution in [0, 0.1) is 18.3 Å². The number of ether oxygens (including phenoxy) is 1. The molecular weight excluding hydrogens is 271 g/mol. The Morgan fingerprint density at radius 1 is 1.20 bits per heavy atom. The molecule has 0 unspecified atom stereocenters. The lowest BCUT2D eigenvalue weighted by atomic mass is 10.2. The topological polar surface area (TPSA) is 58.8 Å². The monoisotopic (exact) mass is 279 g/mol. The van der Waals surface area contributed by atoms with Crippen molar-refractivity contribution in [3.05, 3.63) is 47.3 Å². The van der Waals surface area contributed by atoms with E-state index in [4.69, 9.17) is 10.00 Å². The van der Waals surface area contributed by atoms with Gasteiger partial charge in [0, 0.05) is 5.69 Å². The smallest absolute Gasteiger partial charge is 0.419 e. The van der Waals surface area contributed by atoms with Gasteiger partial charge in [-0.1, -0.05) is 12.1 Å². The molecule has 0 atom stereocenters. The average molecular weight is 279 g/mol. The number of para-hydroxylation sites is 1. The molecule has 2 aromatic rings. The first-order valence-corrected chi connectivity index (χ1v) is 5.50. The third kappa shape index (κ3) is 3.03. The van der Waals surface area contributed by atoms with Gasteiger partial charge in [-0.05, 0) is 25.1 Å². The Morgan fingerprint density at radius 2 is 1.90 bits per heavy atom. The number of aryl methyl sites for hydroxylation is 1. The molecule has 0 radical (unpaired) electrons. The summed E-state index contributed by atoms with van der Waals surface area (Å²) in [7, 11) is 0. The van der Waals surface area contributed by atoms with Gasteiger partial charge in [0.05, 0.1) is 5.56 Å². The first-order valence-electron chi connectivity index (χ1n) is 5.50. The molecule has 7 heteroatoms. The number of hydrogen-bond acceptors (Lipinski definition) is 4. The molecule has 0 saturated carbocycles. The van der Waals surface area contributed by atoms with Crippen LogP contribution in [0.4, 0.5) is 13.2 Å². The van der Waals surface area contributed by atoms with Crippen molar-refractivity contribution >= 4 is 0 Å². The van der Waals surface area contributed by atoms with Gasteiger partial charge in [-0.3, -0.25) is 0 Å². The molecule has 0 saturated heterocycles. The number of nitrogens with zero attached hydrogens (tertiary/aromatic N) is 3. The van der Waals surface area contributed by atoms with E-state index in [1.54, 1.807) is 13.0 Å². The number of hydrogen-bond donors (Lipinski definition) is 0. The van der Waals surface area contributed by atoms with Crippen molar-refractivity contribution in [1.29, 1.82) is 5.26 Å². The molecule has 0 bridgehead atoms. The quantitative estimate of drug-likeness (QED) is 0.844. The van der Waals surface area contributed by atoms with Crippen molar-refractivity contribution in [2.24, 2.45) is 0 Å². The van der Waals surface area contributed by atoms with Gasteiger partial charge in [-0.25, -0.2) is 4.98 Å². The van der Waals surface area contributed by atoms with Crippen LogP contribution < -0.4 is 4.74 Å². The van der Waals surface area contributed by atoms with Crippen LogP contribution in [0.5, 0.6) is 11.8 Å². The van der Waals surface area contributed by atoms with E-state index in [2.05, 4.69) is 9.97 Å². The Labute approximate surface area is 112 Å². The van der Waals surface area contributed by atoms with E-state index in [-0.39, 0.29) is 11.7 Å². The predicted molar refractivity (Wildman–Crippen MR) is 63.0 cm³/mol. The number of rotatable bonds is 2. The number of benzene rings is 1. The van der Waals surface area contributed by atoms with E-state index >= 15 is 0 Å². The van der Waals surface area contributed by atoms with Crippen molar-refractivity contribution in [2.45, 2.75) is 13.1 Å². The Balaban J connectivity index is 2.41. The van der Waals surface area contributed by atoms with Crippen molar-refractivity contribution in [1.82, 2.24) is 9.97 Å². The molecule has 0 amide bonds. The van der Waals surface area contributed by atoms with E-state index < -0.39 is 17.5 Å². The fourth-order valence-corrected chi connectivity index (χ4v) is 1.53. The van der Waals surface area contributed by atoms with Crippen molar-refractivity contribution in [2.75, 3.05) is 0 Å². The molecular formula is C13H8F3N3O. The van der Waals surface area contributed by atoms with Crippen LogP contribution in [0.2, 0.25) is 0 Å². The standard InChI is InChI=1S/C13H8F3N3O/c1-8-6-9(7-17)19-12(18-8)20-11-5-3-2-4-10(11)13(14,15)16/h2-6H,1H3. The van der Waals surface area contributed by atoms with Gasteiger partial charge in [0.25, 0.3) is 0 Å². The first-order chi connectivity index (χ1) is 9.40. The second-order valence-electron chi connectivity index (χ2n) is 3.88. The van der Waals surface area contributed by atoms with E-state index in [9.17, 15) is 13.2 Å². The van der Waals surface area contributed by atoms with Crippen LogP contribution in [-0.2, 0) is 6.18 Å². The SMILES string of the molecule is Cc1cc(C#N)nc(Oc2ccccc2C(F)(F)F)n1. The minimum atomic E-state index is -4.54. The van der Waals surface area contributed by atoms with Gasteiger partial charge >= 0.3 is 12.2 Å². The first kappa shape index (κ1) is 13.8. The third-order valence-electron chi connectivity index (χ3n) is 2.34. The molecule has 102 valence electrons. The largest absolute Gasteiger partial charge is 0.424 e. The van der Waals surface area contributed by atoms with Gasteiger partial charge in [0.15, 0.2) is 0 Å². The second-order valence-corrected chi connectivity index (χ2v) is 3.88. The molecule has 20 heavy (non-hydrogen) atoms. The summed E-state index contributed by atoms with van der Waals surface area (Å²) in [6.45, 7) is 1.59. The highest BCUT2D eigenvalue weighted by Crippen LogP contribution is 2.37. The minimum Gasteiger partial charge on any atom is -0.424 e. The summed E-state index contributed by atoms with van der Waals surface area (Å²) >= 11 is 0. The summed E-state index contributed by atoms with van der Waals surface area (Å²) in [5, 5.41) is 8.76. The lowest BCUT2D eigenvalue weighted by molar-refractivity contribution is -0.138. The summed E-state index contributed by atoms with van der Waals surface area (Å²) in [4.78, 5) is 7.56. The number of alkyl halides is 3. The van der Waals surface area contributed by atoms with Crippen molar-refractivity contribution in [3.63, 3.8) is 0 Å². The van der Waals surface area contributed by atoms with Gasteiger partial charge in [0.1, 0.15) is 17.5 Å². The third-order valence-corrected chi connectivity index (χ3v) is 2.34. The predicted octanol–water partition coefficient (Wildman–Crippen LogP) is 3.47. The molecule has 0 N–H and O–H groups in total. The Morgan fingerprint density at radius 3 is 2.55 bits per heavy atom. The molecule has 1 aromatic heterocycles. The number of halogens is 3. The van der Waals surface area contributed by atoms with Gasteiger partial charge < -0.3 is 4.74 Å². The fourth-order valence-electron chi connectivity index (χ4n) is 1.53. The molecule has 0 aliphatic rings. The number of aromatic nitrogens is 2. The zero-order valence-corrected chi connectivity index (χ0v) is 10.3. The summed E-state index contributed by atoms with van der Waals surface area (Å²) in [5.41, 5.74) is -0.475. The minimum absolute atomic E-state index is 0.0250. The lowest BCUT2D eigenvalue weighted by Crippen LogP contribution is -2.07. The summed E-state index contributed by atoms with van der Waals surface area (Å²) in [5.74, 6) is -0.408. The Hall–Kier alpha value is -2.62. The molecule has 4 nitrogen and oxygen atoms in total. The molecule has 1 heterocycles. The maximum Gasteiger partial charge on any atom is 0.419 e. The van der Waals surface area contributed by atoms with E-state index in [0.29, 0.717) is 5.69 Å². The van der Waals surface area contributed by atoms with Crippen LogP contribution in [0.25, 0.3) is 0 Å². The van der Waals surface area contributed by atoms with Gasteiger partial charge in [-0.15, -0.1) is 0 Å². The highest BCUT2D eigenvalue weighted by molar-refractivity contribution is 5.37. The van der Waals surface area contributed by atoms with E-state index in [1.165, 1.54) is 24.3 Å². The fraction of sp³-hybridized carbons (Fsp3) is 0.154. The normalized spacial score (nSPS) is 10.9. The van der Waals surface area contributed by atoms with Crippen LogP contribution in [0.15, 0.2) is 30.3 Å². The highest BCUT2D eigenvalue weighted by atomic mass is 19.4. The van der Waals surface area contributed by atoms with Gasteiger partial charge in [-0.2, -0.15) is 23.4 Å².